The van der Waals surface area contributed by atoms with E-state index in [1.54, 1.807) is 25.7 Å². The van der Waals surface area contributed by atoms with Crippen LogP contribution in [0.5, 0.6) is 0 Å². The molecule has 0 aromatic carbocycles. The number of Topliss-reactive ketones (excluding diaryl/α,β-unsaturated/α-hetero) is 1. The van der Waals surface area contributed by atoms with Crippen molar-refractivity contribution in [3.8, 4) is 12.3 Å². The van der Waals surface area contributed by atoms with Crippen LogP contribution >= 0.6 is 0 Å². The summed E-state index contributed by atoms with van der Waals surface area (Å²) < 4.78 is 25.9. The van der Waals surface area contributed by atoms with Gasteiger partial charge in [0, 0.05) is 6.54 Å². The van der Waals surface area contributed by atoms with E-state index in [1.807, 2.05) is 0 Å². The number of nitrogens with one attached hydrogen (secondary N) is 4. The van der Waals surface area contributed by atoms with Gasteiger partial charge in [-0.15, -0.1) is 6.42 Å². The number of sulfone groups is 1. The number of likely N-dealkylation sites (tertiary alicyclic amines) is 1. The van der Waals surface area contributed by atoms with Crippen LogP contribution in [-0.2, 0) is 29.0 Å². The van der Waals surface area contributed by atoms with Crippen molar-refractivity contribution in [1.29, 1.82) is 0 Å². The van der Waals surface area contributed by atoms with Gasteiger partial charge in [0.2, 0.25) is 17.6 Å². The Labute approximate surface area is 316 Å². The van der Waals surface area contributed by atoms with Crippen LogP contribution in [0.15, 0.2) is 0 Å². The van der Waals surface area contributed by atoms with E-state index in [2.05, 4.69) is 48.0 Å². The number of nitrogens with zero attached hydrogens (tertiary/aromatic N) is 1. The molecule has 5 amide bonds. The second-order valence-electron chi connectivity index (χ2n) is 18.8. The SMILES string of the molecule is C#CCNC(=O)C(=O)C(CC1CC1)NC(=O)[C@@H]1C2C(CN1C(=O)C(CC1(C)CCCCC1)NC(=O)NC1(CS(=O)(=O)C(C)(C)C)CCCCC1)C2(C)C. The Morgan fingerprint density at radius 2 is 1.49 bits per heavy atom. The Balaban J connectivity index is 1.39. The number of rotatable bonds is 14. The van der Waals surface area contributed by atoms with Crippen LogP contribution in [0.25, 0.3) is 0 Å². The van der Waals surface area contributed by atoms with Gasteiger partial charge in [-0.1, -0.05) is 78.1 Å². The van der Waals surface area contributed by atoms with E-state index >= 15 is 0 Å². The predicted octanol–water partition coefficient (Wildman–Crippen LogP) is 4.02. The highest BCUT2D eigenvalue weighted by atomic mass is 32.2. The van der Waals surface area contributed by atoms with Gasteiger partial charge in [0.25, 0.3) is 5.91 Å². The fourth-order valence-electron chi connectivity index (χ4n) is 9.42. The number of carbonyl (C=O) groups is 5. The molecule has 5 aliphatic rings. The van der Waals surface area contributed by atoms with E-state index in [1.165, 1.54) is 0 Å². The number of piperidine rings is 1. The molecule has 4 N–H and O–H groups in total. The van der Waals surface area contributed by atoms with E-state index in [0.29, 0.717) is 32.2 Å². The standard InChI is InChI=1S/C40H63N5O7S/c1-8-21-41-34(48)32(46)28(22-26-15-16-26)42-33(47)31-30-27(38(30,5)6)24-45(31)35(49)29(23-39(7)17-11-9-12-18-39)43-36(50)44-40(19-13-10-14-20-40)25-53(51,52)37(2,3)4/h1,26-31H,9-25H2,2-7H3,(H,41,48)(H,42,47)(H2,43,44,50)/t27?,28?,29?,30?,31-/m0/s1. The summed E-state index contributed by atoms with van der Waals surface area (Å²) in [6.07, 6.45) is 16.4. The molecule has 4 aliphatic carbocycles. The van der Waals surface area contributed by atoms with Gasteiger partial charge in [0.1, 0.15) is 12.1 Å². The predicted molar refractivity (Wildman–Crippen MR) is 203 cm³/mol. The third kappa shape index (κ3) is 9.40. The molecular weight excluding hydrogens is 695 g/mol. The minimum atomic E-state index is -3.57. The topological polar surface area (TPSA) is 171 Å². The fourth-order valence-corrected chi connectivity index (χ4v) is 10.9. The number of urea groups is 1. The summed E-state index contributed by atoms with van der Waals surface area (Å²) in [7, 11) is -3.57. The molecule has 13 heteroatoms. The number of ketones is 1. The maximum Gasteiger partial charge on any atom is 0.315 e. The number of hydrogen-bond acceptors (Lipinski definition) is 7. The van der Waals surface area contributed by atoms with Crippen LogP contribution in [0.2, 0.25) is 0 Å². The molecule has 4 saturated carbocycles. The Kier molecular flexibility index (Phi) is 12.0. The molecule has 0 aromatic rings. The van der Waals surface area contributed by atoms with E-state index in [-0.39, 0.29) is 46.8 Å². The average Bonchev–Trinajstić information content (AvgIpc) is 3.93. The molecule has 5 fully saturated rings. The third-order valence-corrected chi connectivity index (χ3v) is 16.0. The van der Waals surface area contributed by atoms with Crippen molar-refractivity contribution in [3.63, 3.8) is 0 Å². The third-order valence-electron chi connectivity index (χ3n) is 13.2. The smallest absolute Gasteiger partial charge is 0.315 e. The van der Waals surface area contributed by atoms with Gasteiger partial charge in [-0.2, -0.15) is 0 Å². The highest BCUT2D eigenvalue weighted by Crippen LogP contribution is 2.65. The number of hydrogen-bond donors (Lipinski definition) is 4. The highest BCUT2D eigenvalue weighted by Gasteiger charge is 2.69. The number of fused-ring (bicyclic) bond motifs is 1. The first-order valence-electron chi connectivity index (χ1n) is 19.9. The van der Waals surface area contributed by atoms with Crippen LogP contribution in [0.3, 0.4) is 0 Å². The first kappa shape index (κ1) is 41.0. The van der Waals surface area contributed by atoms with Crippen LogP contribution in [0.4, 0.5) is 4.79 Å². The highest BCUT2D eigenvalue weighted by molar-refractivity contribution is 7.92. The zero-order chi connectivity index (χ0) is 39.0. The Morgan fingerprint density at radius 3 is 2.06 bits per heavy atom. The molecule has 12 nitrogen and oxygen atoms in total. The van der Waals surface area contributed by atoms with Crippen molar-refractivity contribution in [2.75, 3.05) is 18.8 Å². The summed E-state index contributed by atoms with van der Waals surface area (Å²) in [5.41, 5.74) is -1.37. The Bertz CT molecular complexity index is 1580. The van der Waals surface area contributed by atoms with Gasteiger partial charge < -0.3 is 26.2 Å². The van der Waals surface area contributed by atoms with Crippen molar-refractivity contribution >= 4 is 39.4 Å². The summed E-state index contributed by atoms with van der Waals surface area (Å²) in [4.78, 5) is 70.6. The second kappa shape index (κ2) is 15.5. The van der Waals surface area contributed by atoms with Crippen molar-refractivity contribution in [2.24, 2.45) is 28.6 Å². The molecule has 1 saturated heterocycles. The summed E-state index contributed by atoms with van der Waals surface area (Å²) in [6.45, 7) is 11.5. The molecule has 0 radical (unpaired) electrons. The molecule has 0 bridgehead atoms. The largest absolute Gasteiger partial charge is 0.344 e. The molecule has 1 heterocycles. The Morgan fingerprint density at radius 1 is 0.887 bits per heavy atom. The van der Waals surface area contributed by atoms with Crippen molar-refractivity contribution in [1.82, 2.24) is 26.2 Å². The monoisotopic (exact) mass is 757 g/mol. The lowest BCUT2D eigenvalue weighted by Crippen LogP contribution is -2.62. The zero-order valence-corrected chi connectivity index (χ0v) is 33.6. The average molecular weight is 758 g/mol. The molecule has 1 aliphatic heterocycles. The van der Waals surface area contributed by atoms with E-state index in [9.17, 15) is 32.4 Å². The second-order valence-corrected chi connectivity index (χ2v) is 21.6. The molecular formula is C40H63N5O7S. The van der Waals surface area contributed by atoms with Crippen LogP contribution in [-0.4, -0.2) is 90.1 Å². The van der Waals surface area contributed by atoms with E-state index in [4.69, 9.17) is 6.42 Å². The summed E-state index contributed by atoms with van der Waals surface area (Å²) in [5, 5.41) is 11.4. The van der Waals surface area contributed by atoms with Gasteiger partial charge in [-0.05, 0) is 87.9 Å². The Hall–Kier alpha value is -3.14. The zero-order valence-electron chi connectivity index (χ0n) is 32.8. The number of carbonyl (C=O) groups excluding carboxylic acids is 5. The first-order chi connectivity index (χ1) is 24.7. The molecule has 4 unspecified atom stereocenters. The van der Waals surface area contributed by atoms with Gasteiger partial charge in [-0.3, -0.25) is 19.2 Å². The summed E-state index contributed by atoms with van der Waals surface area (Å²) in [5.74, 6) is -0.177. The minimum absolute atomic E-state index is 0.0616. The minimum Gasteiger partial charge on any atom is -0.344 e. The van der Waals surface area contributed by atoms with Crippen LogP contribution in [0.1, 0.15) is 131 Å². The van der Waals surface area contributed by atoms with Gasteiger partial charge in [0.15, 0.2) is 9.84 Å². The number of amides is 5. The van der Waals surface area contributed by atoms with Gasteiger partial charge >= 0.3 is 6.03 Å². The van der Waals surface area contributed by atoms with Crippen molar-refractivity contribution in [3.05, 3.63) is 0 Å². The number of terminal acetylenes is 1. The quantitative estimate of drug-likeness (QED) is 0.153. The van der Waals surface area contributed by atoms with Gasteiger partial charge in [0.05, 0.1) is 28.6 Å². The lowest BCUT2D eigenvalue weighted by Gasteiger charge is -2.41. The molecule has 0 spiro atoms. The first-order valence-corrected chi connectivity index (χ1v) is 21.6. The van der Waals surface area contributed by atoms with Crippen LogP contribution in [0, 0.1) is 40.9 Å². The molecule has 296 valence electrons. The van der Waals surface area contributed by atoms with Crippen LogP contribution < -0.4 is 21.3 Å². The molecule has 5 rings (SSSR count). The lowest BCUT2D eigenvalue weighted by atomic mass is 9.71. The van der Waals surface area contributed by atoms with E-state index < -0.39 is 61.9 Å². The summed E-state index contributed by atoms with van der Waals surface area (Å²) >= 11 is 0. The van der Waals surface area contributed by atoms with Gasteiger partial charge in [-0.25, -0.2) is 13.2 Å². The normalized spacial score (nSPS) is 26.9. The molecule has 5 atom stereocenters. The fraction of sp³-hybridized carbons (Fsp3) is 0.825. The maximum atomic E-state index is 14.8. The van der Waals surface area contributed by atoms with Crippen molar-refractivity contribution in [2.45, 2.75) is 160 Å². The van der Waals surface area contributed by atoms with Crippen molar-refractivity contribution < 1.29 is 32.4 Å². The molecule has 0 aromatic heterocycles. The van der Waals surface area contributed by atoms with E-state index in [0.717, 1.165) is 64.2 Å². The summed E-state index contributed by atoms with van der Waals surface area (Å²) in [6, 6.07) is -3.44. The maximum absolute atomic E-state index is 14.8. The lowest BCUT2D eigenvalue weighted by molar-refractivity contribution is -0.144. The molecule has 53 heavy (non-hydrogen) atoms.